The normalized spacial score (nSPS) is 20.2. The van der Waals surface area contributed by atoms with Gasteiger partial charge in [0.1, 0.15) is 5.54 Å². The molecule has 1 aromatic carbocycles. The number of rotatable bonds is 12. The molecule has 1 fully saturated rings. The summed E-state index contributed by atoms with van der Waals surface area (Å²) in [6.45, 7) is 15.0. The second kappa shape index (κ2) is 15.1. The van der Waals surface area contributed by atoms with E-state index in [4.69, 9.17) is 10.7 Å². The molecule has 1 heterocycles. The van der Waals surface area contributed by atoms with Crippen LogP contribution in [0.5, 0.6) is 0 Å². The Hall–Kier alpha value is -2.30. The number of nitrogens with two attached hydrogens (primary N) is 1. The van der Waals surface area contributed by atoms with E-state index in [0.29, 0.717) is 24.5 Å². The molecule has 1 aliphatic heterocycles. The van der Waals surface area contributed by atoms with Gasteiger partial charge in [-0.15, -0.1) is 0 Å². The van der Waals surface area contributed by atoms with Crippen molar-refractivity contribution in [3.05, 3.63) is 47.7 Å². The van der Waals surface area contributed by atoms with E-state index < -0.39 is 5.54 Å². The van der Waals surface area contributed by atoms with Gasteiger partial charge in [-0.25, -0.2) is 4.99 Å². The third-order valence-electron chi connectivity index (χ3n) is 7.75. The summed E-state index contributed by atoms with van der Waals surface area (Å²) in [7, 11) is 0. The van der Waals surface area contributed by atoms with Gasteiger partial charge < -0.3 is 11.1 Å². The zero-order chi connectivity index (χ0) is 26.6. The van der Waals surface area contributed by atoms with Crippen molar-refractivity contribution < 1.29 is 4.79 Å². The van der Waals surface area contributed by atoms with Crippen LogP contribution in [-0.4, -0.2) is 28.3 Å². The van der Waals surface area contributed by atoms with Crippen molar-refractivity contribution in [2.45, 2.75) is 130 Å². The number of aliphatic imine (C=N–C) groups is 1. The fraction of sp³-hybridized carbons (Fsp3) is 0.677. The van der Waals surface area contributed by atoms with Gasteiger partial charge in [-0.05, 0) is 56.1 Å². The van der Waals surface area contributed by atoms with Crippen molar-refractivity contribution >= 4 is 11.9 Å². The van der Waals surface area contributed by atoms with Crippen molar-refractivity contribution in [1.29, 1.82) is 0 Å². The molecule has 0 saturated heterocycles. The average molecular weight is 497 g/mol. The summed E-state index contributed by atoms with van der Waals surface area (Å²) in [5, 5.41) is 3.28. The fourth-order valence-electron chi connectivity index (χ4n) is 5.48. The van der Waals surface area contributed by atoms with Gasteiger partial charge in [-0.1, -0.05) is 103 Å². The molecule has 3 N–H and O–H groups in total. The van der Waals surface area contributed by atoms with Crippen LogP contribution in [0.2, 0.25) is 0 Å². The zero-order valence-corrected chi connectivity index (χ0v) is 23.7. The molecule has 0 bridgehead atoms. The summed E-state index contributed by atoms with van der Waals surface area (Å²) in [6.07, 6.45) is 13.6. The van der Waals surface area contributed by atoms with Gasteiger partial charge in [-0.3, -0.25) is 9.69 Å². The highest BCUT2D eigenvalue weighted by molar-refractivity contribution is 6.06. The molecule has 1 amide bonds. The Morgan fingerprint density at radius 3 is 2.22 bits per heavy atom. The quantitative estimate of drug-likeness (QED) is 0.324. The van der Waals surface area contributed by atoms with Crippen LogP contribution < -0.4 is 11.1 Å². The first kappa shape index (κ1) is 29.9. The fourth-order valence-corrected chi connectivity index (χ4v) is 5.48. The molecule has 0 aromatic heterocycles. The van der Waals surface area contributed by atoms with Crippen LogP contribution in [0.25, 0.3) is 0 Å². The van der Waals surface area contributed by atoms with Crippen molar-refractivity contribution in [3.8, 4) is 0 Å². The number of nitrogens with one attached hydrogen (secondary N) is 1. The predicted octanol–water partition coefficient (Wildman–Crippen LogP) is 7.10. The summed E-state index contributed by atoms with van der Waals surface area (Å²) in [5.74, 6) is 1.14. The van der Waals surface area contributed by atoms with E-state index in [-0.39, 0.29) is 5.91 Å². The first-order valence-corrected chi connectivity index (χ1v) is 14.5. The van der Waals surface area contributed by atoms with Crippen molar-refractivity contribution in [2.24, 2.45) is 16.6 Å². The Bertz CT molecular complexity index is 837. The minimum absolute atomic E-state index is 0.124. The average Bonchev–Trinajstić information content (AvgIpc) is 3.11. The molecular formula is C31H52N4O. The summed E-state index contributed by atoms with van der Waals surface area (Å²) >= 11 is 0. The van der Waals surface area contributed by atoms with Crippen LogP contribution in [0.4, 0.5) is 0 Å². The molecule has 1 saturated carbocycles. The highest BCUT2D eigenvalue weighted by Gasteiger charge is 2.48. The van der Waals surface area contributed by atoms with E-state index in [0.717, 1.165) is 43.4 Å². The molecule has 1 aromatic rings. The lowest BCUT2D eigenvalue weighted by molar-refractivity contribution is -0.132. The van der Waals surface area contributed by atoms with Crippen molar-refractivity contribution in [3.63, 3.8) is 0 Å². The van der Waals surface area contributed by atoms with Gasteiger partial charge in [0.15, 0.2) is 5.96 Å². The molecule has 1 atom stereocenters. The lowest BCUT2D eigenvalue weighted by Gasteiger charge is -2.32. The van der Waals surface area contributed by atoms with Gasteiger partial charge in [0.25, 0.3) is 5.91 Å². The Kier molecular flexibility index (Phi) is 12.5. The van der Waals surface area contributed by atoms with E-state index in [1.54, 1.807) is 4.90 Å². The molecule has 36 heavy (non-hydrogen) atoms. The molecule has 5 nitrogen and oxygen atoms in total. The number of allylic oxidation sites excluding steroid dienone is 1. The lowest BCUT2D eigenvalue weighted by Crippen LogP contribution is -2.45. The van der Waals surface area contributed by atoms with E-state index in [1.165, 1.54) is 50.5 Å². The summed E-state index contributed by atoms with van der Waals surface area (Å²) in [5.41, 5.74) is 9.16. The Morgan fingerprint density at radius 1 is 1.11 bits per heavy atom. The van der Waals surface area contributed by atoms with Crippen LogP contribution in [-0.2, 0) is 17.8 Å². The van der Waals surface area contributed by atoms with Crippen molar-refractivity contribution in [2.75, 3.05) is 0 Å². The summed E-state index contributed by atoms with van der Waals surface area (Å²) in [4.78, 5) is 20.0. The Balaban J connectivity index is 0.000000434. The van der Waals surface area contributed by atoms with Gasteiger partial charge in [-0.2, -0.15) is 0 Å². The second-order valence-corrected chi connectivity index (χ2v) is 10.8. The second-order valence-electron chi connectivity index (χ2n) is 10.8. The third-order valence-corrected chi connectivity index (χ3v) is 7.75. The Labute approximate surface area is 221 Å². The Morgan fingerprint density at radius 2 is 1.72 bits per heavy atom. The number of hydrogen-bond donors (Lipinski definition) is 2. The molecule has 1 aliphatic carbocycles. The maximum absolute atomic E-state index is 13.5. The minimum atomic E-state index is -0.620. The molecular weight excluding hydrogens is 444 g/mol. The number of benzene rings is 1. The number of amides is 1. The molecule has 0 radical (unpaired) electrons. The number of nitrogens with zero attached hydrogens (tertiary/aromatic N) is 2. The molecule has 5 heteroatoms. The van der Waals surface area contributed by atoms with E-state index in [2.05, 4.69) is 63.9 Å². The van der Waals surface area contributed by atoms with Crippen LogP contribution in [0.3, 0.4) is 0 Å². The van der Waals surface area contributed by atoms with Crippen LogP contribution in [0, 0.1) is 5.92 Å². The first-order valence-electron chi connectivity index (χ1n) is 14.5. The molecule has 1 unspecified atom stereocenters. The number of carbonyl (C=O) groups excluding carboxylic acids is 1. The monoisotopic (exact) mass is 496 g/mol. The number of carbonyl (C=O) groups is 1. The molecule has 3 rings (SSSR count). The number of aryl methyl sites for hydroxylation is 1. The van der Waals surface area contributed by atoms with Crippen LogP contribution in [0.15, 0.2) is 41.5 Å². The smallest absolute Gasteiger partial charge is 0.257 e. The zero-order valence-electron chi connectivity index (χ0n) is 23.7. The lowest BCUT2D eigenvalue weighted by atomic mass is 9.77. The van der Waals surface area contributed by atoms with Gasteiger partial charge in [0.2, 0.25) is 0 Å². The third kappa shape index (κ3) is 8.67. The molecule has 0 spiro atoms. The van der Waals surface area contributed by atoms with Crippen LogP contribution in [0.1, 0.15) is 116 Å². The first-order chi connectivity index (χ1) is 17.3. The number of hydrogen-bond acceptors (Lipinski definition) is 4. The molecule has 2 aliphatic rings. The summed E-state index contributed by atoms with van der Waals surface area (Å²) < 4.78 is 0. The topological polar surface area (TPSA) is 70.7 Å². The largest absolute Gasteiger partial charge is 0.386 e. The number of unbranched alkanes of at least 4 members (excludes halogenated alkanes) is 1. The predicted molar refractivity (Wildman–Crippen MR) is 154 cm³/mol. The van der Waals surface area contributed by atoms with Crippen LogP contribution >= 0.6 is 0 Å². The van der Waals surface area contributed by atoms with Gasteiger partial charge in [0.05, 0.1) is 6.54 Å². The highest BCUT2D eigenvalue weighted by atomic mass is 16.2. The standard InChI is InChI=1S/C23H35N3O.C8H17N/c1-3-5-15-23(16-19-9-7-6-8-10-19)21(27)26(22(24)25-23)17-20-13-11-18(4-2)12-14-20;1-5-8(6-2)9-7(3)4/h11-14,19H,3-10,15-17H2,1-2H3,(H2,24,25);8-9H,3,5-6H2,1-2,4H3. The van der Waals surface area contributed by atoms with E-state index >= 15 is 0 Å². The van der Waals surface area contributed by atoms with E-state index in [9.17, 15) is 4.79 Å². The minimum Gasteiger partial charge on any atom is -0.386 e. The summed E-state index contributed by atoms with van der Waals surface area (Å²) in [6, 6.07) is 9.10. The maximum Gasteiger partial charge on any atom is 0.257 e. The highest BCUT2D eigenvalue weighted by Crippen LogP contribution is 2.39. The van der Waals surface area contributed by atoms with Gasteiger partial charge in [0, 0.05) is 11.7 Å². The van der Waals surface area contributed by atoms with Crippen molar-refractivity contribution in [1.82, 2.24) is 10.2 Å². The molecule has 202 valence electrons. The maximum atomic E-state index is 13.5. The number of guanidine groups is 1. The van der Waals surface area contributed by atoms with E-state index in [1.807, 2.05) is 6.92 Å². The SMILES string of the molecule is C=C(C)NC(CC)CC.CCCCC1(CC2CCCCC2)N=C(N)N(Cc2ccc(CC)cc2)C1=O. The van der Waals surface area contributed by atoms with Gasteiger partial charge >= 0.3 is 0 Å².